The van der Waals surface area contributed by atoms with E-state index < -0.39 is 0 Å². The van der Waals surface area contributed by atoms with E-state index in [-0.39, 0.29) is 24.0 Å². The molecule has 1 aromatic carbocycles. The Kier molecular flexibility index (Phi) is 10.7. The number of aromatic nitrogens is 1. The van der Waals surface area contributed by atoms with E-state index in [0.717, 1.165) is 31.7 Å². The van der Waals surface area contributed by atoms with Crippen LogP contribution in [0.25, 0.3) is 0 Å². The summed E-state index contributed by atoms with van der Waals surface area (Å²) in [5.74, 6) is 0.710. The quantitative estimate of drug-likeness (QED) is 0.294. The summed E-state index contributed by atoms with van der Waals surface area (Å²) in [5, 5.41) is 7.70. The van der Waals surface area contributed by atoms with Gasteiger partial charge in [-0.3, -0.25) is 4.99 Å². The van der Waals surface area contributed by atoms with Crippen molar-refractivity contribution in [2.45, 2.75) is 38.6 Å². The molecule has 166 valence electrons. The molecule has 30 heavy (non-hydrogen) atoms. The second-order valence-electron chi connectivity index (χ2n) is 7.06. The molecule has 6 nitrogen and oxygen atoms in total. The van der Waals surface area contributed by atoms with Crippen molar-refractivity contribution >= 4 is 53.1 Å². The molecule has 1 aromatic heterocycles. The van der Waals surface area contributed by atoms with Crippen LogP contribution >= 0.6 is 47.2 Å². The average Bonchev–Trinajstić information content (AvgIpc) is 3.00. The largest absolute Gasteiger partial charge is 0.381 e. The molecule has 0 atom stereocenters. The molecule has 1 aliphatic rings. The van der Waals surface area contributed by atoms with Crippen molar-refractivity contribution in [1.82, 2.24) is 15.2 Å². The lowest BCUT2D eigenvalue weighted by molar-refractivity contribution is -0.0390. The zero-order valence-corrected chi connectivity index (χ0v) is 21.1. The van der Waals surface area contributed by atoms with E-state index in [2.05, 4.69) is 39.9 Å². The lowest BCUT2D eigenvalue weighted by Gasteiger charge is -2.22. The highest BCUT2D eigenvalue weighted by Gasteiger charge is 2.14. The molecule has 0 aliphatic carbocycles. The number of hydrogen-bond acceptors (Lipinski definition) is 3. The molecular weight excluding hydrogens is 538 g/mol. The first-order valence-electron chi connectivity index (χ1n) is 9.78. The van der Waals surface area contributed by atoms with Gasteiger partial charge in [0.05, 0.1) is 24.3 Å². The summed E-state index contributed by atoms with van der Waals surface area (Å²) >= 11 is 12.2. The monoisotopic (exact) mass is 566 g/mol. The van der Waals surface area contributed by atoms with E-state index >= 15 is 0 Å². The lowest BCUT2D eigenvalue weighted by Crippen LogP contribution is -2.36. The third-order valence-electron chi connectivity index (χ3n) is 4.98. The van der Waals surface area contributed by atoms with Crippen molar-refractivity contribution in [1.29, 1.82) is 0 Å². The van der Waals surface area contributed by atoms with Crippen LogP contribution in [0.2, 0.25) is 10.2 Å². The summed E-state index contributed by atoms with van der Waals surface area (Å²) in [7, 11) is 3.63. The van der Waals surface area contributed by atoms with Gasteiger partial charge in [0.15, 0.2) is 5.96 Å². The molecule has 2 heterocycles. The first-order chi connectivity index (χ1) is 14.1. The SMILES string of the molecule is CN=C(NCc1cccc(COC2CCOCC2)c1)NCc1cc(Cl)c(Cl)n1C.I. The smallest absolute Gasteiger partial charge is 0.191 e. The third kappa shape index (κ3) is 7.30. The Bertz CT molecular complexity index is 838. The molecule has 3 rings (SSSR count). The van der Waals surface area contributed by atoms with Crippen LogP contribution in [0.1, 0.15) is 29.7 Å². The van der Waals surface area contributed by atoms with Gasteiger partial charge in [0.25, 0.3) is 0 Å². The maximum atomic E-state index is 6.12. The minimum Gasteiger partial charge on any atom is -0.381 e. The van der Waals surface area contributed by atoms with Gasteiger partial charge in [-0.1, -0.05) is 47.5 Å². The molecule has 2 aromatic rings. The Morgan fingerprint density at radius 3 is 2.53 bits per heavy atom. The van der Waals surface area contributed by atoms with E-state index in [4.69, 9.17) is 32.7 Å². The lowest BCUT2D eigenvalue weighted by atomic mass is 10.1. The van der Waals surface area contributed by atoms with Crippen molar-refractivity contribution in [2.75, 3.05) is 20.3 Å². The fourth-order valence-corrected chi connectivity index (χ4v) is 3.64. The molecule has 0 amide bonds. The number of hydrogen-bond donors (Lipinski definition) is 2. The Labute approximate surface area is 205 Å². The standard InChI is InChI=1S/C21H28Cl2N4O2.HI/c1-24-21(26-13-17-11-19(22)20(23)27(17)2)25-12-15-4-3-5-16(10-15)14-29-18-6-8-28-9-7-18;/h3-5,10-11,18H,6-9,12-14H2,1-2H3,(H2,24,25,26);1H. The van der Waals surface area contributed by atoms with Crippen molar-refractivity contribution in [3.05, 3.63) is 57.3 Å². The molecule has 2 N–H and O–H groups in total. The van der Waals surface area contributed by atoms with Crippen molar-refractivity contribution < 1.29 is 9.47 Å². The molecule has 0 bridgehead atoms. The van der Waals surface area contributed by atoms with Gasteiger partial charge in [0.1, 0.15) is 5.15 Å². The summed E-state index contributed by atoms with van der Waals surface area (Å²) in [5.41, 5.74) is 3.33. The van der Waals surface area contributed by atoms with E-state index in [0.29, 0.717) is 41.9 Å². The van der Waals surface area contributed by atoms with Crippen LogP contribution in [-0.4, -0.2) is 36.9 Å². The third-order valence-corrected chi connectivity index (χ3v) is 5.82. The van der Waals surface area contributed by atoms with Gasteiger partial charge in [-0.25, -0.2) is 0 Å². The van der Waals surface area contributed by atoms with Crippen LogP contribution in [0.3, 0.4) is 0 Å². The highest BCUT2D eigenvalue weighted by molar-refractivity contribution is 14.0. The molecule has 0 unspecified atom stereocenters. The number of guanidine groups is 1. The predicted octanol–water partition coefficient (Wildman–Crippen LogP) is 4.51. The van der Waals surface area contributed by atoms with Gasteiger partial charge < -0.3 is 24.7 Å². The molecular formula is C21H29Cl2IN4O2. The van der Waals surface area contributed by atoms with E-state index in [9.17, 15) is 0 Å². The van der Waals surface area contributed by atoms with Crippen LogP contribution in [0, 0.1) is 0 Å². The number of ether oxygens (including phenoxy) is 2. The maximum Gasteiger partial charge on any atom is 0.191 e. The molecule has 9 heteroatoms. The highest BCUT2D eigenvalue weighted by atomic mass is 127. The molecule has 0 saturated carbocycles. The summed E-state index contributed by atoms with van der Waals surface area (Å²) in [6, 6.07) is 10.3. The summed E-state index contributed by atoms with van der Waals surface area (Å²) in [4.78, 5) is 4.28. The topological polar surface area (TPSA) is 59.8 Å². The van der Waals surface area contributed by atoms with Gasteiger partial charge in [-0.05, 0) is 30.0 Å². The number of nitrogens with one attached hydrogen (secondary N) is 2. The number of halogens is 3. The number of rotatable bonds is 7. The normalized spacial score (nSPS) is 15.0. The Balaban J connectivity index is 0.00000320. The molecule has 1 saturated heterocycles. The number of benzene rings is 1. The Morgan fingerprint density at radius 2 is 1.87 bits per heavy atom. The first kappa shape index (κ1) is 25.3. The van der Waals surface area contributed by atoms with Gasteiger partial charge in [-0.15, -0.1) is 24.0 Å². The second kappa shape index (κ2) is 12.8. The number of aliphatic imine (C=N–C) groups is 1. The van der Waals surface area contributed by atoms with E-state index in [1.54, 1.807) is 7.05 Å². The van der Waals surface area contributed by atoms with Crippen molar-refractivity contribution in [3.63, 3.8) is 0 Å². The molecule has 1 aliphatic heterocycles. The molecule has 0 radical (unpaired) electrons. The predicted molar refractivity (Wildman–Crippen MR) is 133 cm³/mol. The van der Waals surface area contributed by atoms with Crippen LogP contribution in [0.5, 0.6) is 0 Å². The van der Waals surface area contributed by atoms with Crippen molar-refractivity contribution in [2.24, 2.45) is 12.0 Å². The first-order valence-corrected chi connectivity index (χ1v) is 10.5. The van der Waals surface area contributed by atoms with Crippen LogP contribution in [0.15, 0.2) is 35.3 Å². The molecule has 1 fully saturated rings. The highest BCUT2D eigenvalue weighted by Crippen LogP contribution is 2.24. The zero-order chi connectivity index (χ0) is 20.6. The average molecular weight is 567 g/mol. The Morgan fingerprint density at radius 1 is 1.17 bits per heavy atom. The Hall–Kier alpha value is -1.000. The minimum atomic E-state index is 0. The fraction of sp³-hybridized carbons (Fsp3) is 0.476. The summed E-state index contributed by atoms with van der Waals surface area (Å²) < 4.78 is 13.3. The van der Waals surface area contributed by atoms with E-state index in [1.807, 2.05) is 17.7 Å². The number of nitrogens with zero attached hydrogens (tertiary/aromatic N) is 2. The zero-order valence-electron chi connectivity index (χ0n) is 17.3. The molecule has 0 spiro atoms. The summed E-state index contributed by atoms with van der Waals surface area (Å²) in [6.07, 6.45) is 2.25. The summed E-state index contributed by atoms with van der Waals surface area (Å²) in [6.45, 7) is 3.45. The minimum absolute atomic E-state index is 0. The fourth-order valence-electron chi connectivity index (χ4n) is 3.23. The van der Waals surface area contributed by atoms with Crippen LogP contribution < -0.4 is 10.6 Å². The van der Waals surface area contributed by atoms with Crippen molar-refractivity contribution in [3.8, 4) is 0 Å². The van der Waals surface area contributed by atoms with E-state index in [1.165, 1.54) is 11.1 Å². The second-order valence-corrected chi connectivity index (χ2v) is 7.82. The van der Waals surface area contributed by atoms with Crippen LogP contribution in [0.4, 0.5) is 0 Å². The van der Waals surface area contributed by atoms with Crippen LogP contribution in [-0.2, 0) is 36.2 Å². The van der Waals surface area contributed by atoms with Gasteiger partial charge in [0.2, 0.25) is 0 Å². The van der Waals surface area contributed by atoms with Gasteiger partial charge >= 0.3 is 0 Å². The van der Waals surface area contributed by atoms with Gasteiger partial charge in [0, 0.05) is 39.5 Å². The maximum absolute atomic E-state index is 6.12. The van der Waals surface area contributed by atoms with Gasteiger partial charge in [-0.2, -0.15) is 0 Å².